The van der Waals surface area contributed by atoms with Crippen LogP contribution in [0.4, 0.5) is 4.79 Å². The van der Waals surface area contributed by atoms with Crippen molar-refractivity contribution in [2.24, 2.45) is 5.29 Å². The summed E-state index contributed by atoms with van der Waals surface area (Å²) >= 11 is 8.99. The molecule has 1 aliphatic carbocycles. The van der Waals surface area contributed by atoms with Crippen LogP contribution in [-0.4, -0.2) is 34.3 Å². The first kappa shape index (κ1) is 13.7. The third-order valence-electron chi connectivity index (χ3n) is 2.61. The molecule has 1 rings (SSSR count). The minimum Gasteiger partial charge on any atom is -0.334 e. The summed E-state index contributed by atoms with van der Waals surface area (Å²) < 4.78 is 0. The maximum absolute atomic E-state index is 11.6. The average molecular weight is 313 g/mol. The van der Waals surface area contributed by atoms with E-state index in [1.54, 1.807) is 0 Å². The summed E-state index contributed by atoms with van der Waals surface area (Å²) in [6.07, 6.45) is 3.92. The van der Waals surface area contributed by atoms with Crippen LogP contribution in [0.5, 0.6) is 0 Å². The number of hydrogen-bond acceptors (Lipinski definition) is 3. The predicted octanol–water partition coefficient (Wildman–Crippen LogP) is 2.62. The maximum Gasteiger partial charge on any atom is 0.340 e. The van der Waals surface area contributed by atoms with E-state index in [1.165, 1.54) is 0 Å². The second kappa shape index (κ2) is 7.06. The van der Waals surface area contributed by atoms with Crippen molar-refractivity contribution in [1.82, 2.24) is 10.3 Å². The van der Waals surface area contributed by atoms with Gasteiger partial charge in [-0.25, -0.2) is 4.79 Å². The lowest BCUT2D eigenvalue weighted by Crippen LogP contribution is -2.44. The fourth-order valence-corrected chi connectivity index (χ4v) is 2.39. The Morgan fingerprint density at radius 1 is 1.44 bits per heavy atom. The van der Waals surface area contributed by atoms with Crippen LogP contribution in [0.1, 0.15) is 25.7 Å². The highest BCUT2D eigenvalue weighted by Gasteiger charge is 2.23. The molecule has 7 heteroatoms. The number of hydrogen-bond donors (Lipinski definition) is 1. The van der Waals surface area contributed by atoms with Gasteiger partial charge in [0.1, 0.15) is 0 Å². The van der Waals surface area contributed by atoms with Crippen molar-refractivity contribution in [3.63, 3.8) is 0 Å². The van der Waals surface area contributed by atoms with E-state index in [4.69, 9.17) is 11.6 Å². The highest BCUT2D eigenvalue weighted by Crippen LogP contribution is 2.24. The van der Waals surface area contributed by atoms with Crippen molar-refractivity contribution in [3.05, 3.63) is 4.91 Å². The molecule has 0 aliphatic heterocycles. The Bertz CT molecular complexity index is 247. The number of rotatable bonds is 4. The number of carbonyl (C=O) groups is 1. The molecule has 0 atom stereocenters. The van der Waals surface area contributed by atoms with Gasteiger partial charge in [0.25, 0.3) is 0 Å². The fourth-order valence-electron chi connectivity index (χ4n) is 1.71. The number of halogens is 2. The largest absolute Gasteiger partial charge is 0.340 e. The molecule has 0 aromatic rings. The van der Waals surface area contributed by atoms with Gasteiger partial charge in [0, 0.05) is 16.7 Å². The van der Waals surface area contributed by atoms with Crippen molar-refractivity contribution in [2.45, 2.75) is 36.6 Å². The quantitative estimate of drug-likeness (QED) is 0.493. The number of carbonyl (C=O) groups excluding carboxylic acids is 1. The highest BCUT2D eigenvalue weighted by molar-refractivity contribution is 9.09. The van der Waals surface area contributed by atoms with Crippen LogP contribution in [-0.2, 0) is 0 Å². The van der Waals surface area contributed by atoms with Crippen LogP contribution in [0.15, 0.2) is 5.29 Å². The second-order valence-corrected chi connectivity index (χ2v) is 5.47. The van der Waals surface area contributed by atoms with Gasteiger partial charge in [0.05, 0.1) is 11.8 Å². The molecule has 5 nitrogen and oxygen atoms in total. The van der Waals surface area contributed by atoms with Gasteiger partial charge in [-0.3, -0.25) is 0 Å². The molecule has 92 valence electrons. The summed E-state index contributed by atoms with van der Waals surface area (Å²) in [5.74, 6) is 0.202. The number of nitroso groups, excluding NO2 is 1. The summed E-state index contributed by atoms with van der Waals surface area (Å²) in [5, 5.41) is 6.25. The van der Waals surface area contributed by atoms with Crippen LogP contribution in [0.3, 0.4) is 0 Å². The Kier molecular flexibility index (Phi) is 6.05. The lowest BCUT2D eigenvalue weighted by Gasteiger charge is -2.27. The van der Waals surface area contributed by atoms with Crippen molar-refractivity contribution in [2.75, 3.05) is 12.4 Å². The fraction of sp³-hybridized carbons (Fsp3) is 0.889. The van der Waals surface area contributed by atoms with Crippen LogP contribution in [0, 0.1) is 4.91 Å². The third kappa shape index (κ3) is 4.25. The molecule has 0 unspecified atom stereocenters. The molecule has 2 amide bonds. The Labute approximate surface area is 108 Å². The third-order valence-corrected chi connectivity index (χ3v) is 3.70. The van der Waals surface area contributed by atoms with Crippen molar-refractivity contribution >= 4 is 33.6 Å². The molecule has 0 saturated heterocycles. The van der Waals surface area contributed by atoms with Gasteiger partial charge in [0.2, 0.25) is 0 Å². The minimum atomic E-state index is -0.450. The zero-order valence-corrected chi connectivity index (χ0v) is 11.2. The van der Waals surface area contributed by atoms with Gasteiger partial charge in [-0.2, -0.15) is 5.01 Å². The Morgan fingerprint density at radius 2 is 2.06 bits per heavy atom. The molecule has 0 aromatic heterocycles. The monoisotopic (exact) mass is 311 g/mol. The summed E-state index contributed by atoms with van der Waals surface area (Å²) in [6, 6.07) is -0.311. The number of amides is 2. The Morgan fingerprint density at radius 3 is 2.56 bits per heavy atom. The number of nitrogens with zero attached hydrogens (tertiary/aromatic N) is 2. The molecule has 1 N–H and O–H groups in total. The van der Waals surface area contributed by atoms with E-state index in [1.807, 2.05) is 0 Å². The predicted molar refractivity (Wildman–Crippen MR) is 66.7 cm³/mol. The van der Waals surface area contributed by atoms with Crippen LogP contribution >= 0.6 is 27.5 Å². The van der Waals surface area contributed by atoms with E-state index >= 15 is 0 Å². The summed E-state index contributed by atoms with van der Waals surface area (Å²) in [5.41, 5.74) is 0. The van der Waals surface area contributed by atoms with Crippen molar-refractivity contribution in [1.29, 1.82) is 0 Å². The van der Waals surface area contributed by atoms with Gasteiger partial charge in [-0.15, -0.1) is 16.5 Å². The van der Waals surface area contributed by atoms with Crippen LogP contribution < -0.4 is 5.32 Å². The molecule has 0 bridgehead atoms. The first-order valence-electron chi connectivity index (χ1n) is 5.28. The first-order chi connectivity index (χ1) is 7.67. The Hall–Kier alpha value is -0.360. The maximum atomic E-state index is 11.6. The van der Waals surface area contributed by atoms with Gasteiger partial charge in [0.15, 0.2) is 0 Å². The summed E-state index contributed by atoms with van der Waals surface area (Å²) in [6.45, 7) is 0.144. The SMILES string of the molecule is O=NN(CCCl)C(=O)NC1CCC(Br)CC1. The van der Waals surface area contributed by atoms with Crippen molar-refractivity contribution in [3.8, 4) is 0 Å². The molecular formula is C9H15BrClN3O2. The minimum absolute atomic E-state index is 0.140. The van der Waals surface area contributed by atoms with Crippen molar-refractivity contribution < 1.29 is 4.79 Å². The molecule has 0 heterocycles. The Balaban J connectivity index is 2.35. The standard InChI is InChI=1S/C9H15BrClN3O2/c10-7-1-3-8(4-2-7)12-9(15)14(13-16)6-5-11/h7-8H,1-6H2,(H,12,15). The zero-order valence-electron chi connectivity index (χ0n) is 8.86. The summed E-state index contributed by atoms with van der Waals surface area (Å²) in [7, 11) is 0. The lowest BCUT2D eigenvalue weighted by atomic mass is 9.95. The van der Waals surface area contributed by atoms with Gasteiger partial charge < -0.3 is 5.32 Å². The molecule has 0 spiro atoms. The van der Waals surface area contributed by atoms with E-state index in [2.05, 4.69) is 26.5 Å². The second-order valence-electron chi connectivity index (χ2n) is 3.79. The van der Waals surface area contributed by atoms with Gasteiger partial charge >= 0.3 is 6.03 Å². The van der Waals surface area contributed by atoms with Crippen LogP contribution in [0.25, 0.3) is 0 Å². The van der Waals surface area contributed by atoms with E-state index in [0.29, 0.717) is 4.83 Å². The number of nitrogens with one attached hydrogen (secondary N) is 1. The highest BCUT2D eigenvalue weighted by atomic mass is 79.9. The first-order valence-corrected chi connectivity index (χ1v) is 6.73. The number of alkyl halides is 2. The van der Waals surface area contributed by atoms with E-state index in [9.17, 15) is 9.70 Å². The van der Waals surface area contributed by atoms with E-state index in [-0.39, 0.29) is 18.5 Å². The topological polar surface area (TPSA) is 61.8 Å². The molecule has 16 heavy (non-hydrogen) atoms. The van der Waals surface area contributed by atoms with Gasteiger partial charge in [-0.1, -0.05) is 15.9 Å². The molecule has 0 radical (unpaired) electrons. The zero-order chi connectivity index (χ0) is 12.0. The molecular weight excluding hydrogens is 297 g/mol. The van der Waals surface area contributed by atoms with Gasteiger partial charge in [-0.05, 0) is 25.7 Å². The smallest absolute Gasteiger partial charge is 0.334 e. The normalized spacial score (nSPS) is 24.9. The molecule has 1 aliphatic rings. The van der Waals surface area contributed by atoms with E-state index < -0.39 is 6.03 Å². The summed E-state index contributed by atoms with van der Waals surface area (Å²) in [4.78, 5) is 22.5. The van der Waals surface area contributed by atoms with E-state index in [0.717, 1.165) is 30.7 Å². The molecule has 1 fully saturated rings. The average Bonchev–Trinajstić information content (AvgIpc) is 2.29. The van der Waals surface area contributed by atoms with Crippen LogP contribution in [0.2, 0.25) is 0 Å². The lowest BCUT2D eigenvalue weighted by molar-refractivity contribution is 0.194. The number of urea groups is 1. The molecule has 0 aromatic carbocycles. The molecule has 1 saturated carbocycles.